The summed E-state index contributed by atoms with van der Waals surface area (Å²) in [4.78, 5) is 18.8. The Morgan fingerprint density at radius 3 is 2.41 bits per heavy atom. The van der Waals surface area contributed by atoms with Crippen LogP contribution in [0.2, 0.25) is 0 Å². The van der Waals surface area contributed by atoms with Gasteiger partial charge in [-0.15, -0.1) is 24.0 Å². The highest BCUT2D eigenvalue weighted by Gasteiger charge is 2.22. The average Bonchev–Trinajstić information content (AvgIpc) is 3.07. The lowest BCUT2D eigenvalue weighted by molar-refractivity contribution is -0.131. The van der Waals surface area contributed by atoms with Crippen molar-refractivity contribution in [3.8, 4) is 0 Å². The number of rotatable bonds is 9. The molecule has 7 nitrogen and oxygen atoms in total. The normalized spacial score (nSPS) is 14.7. The highest BCUT2D eigenvalue weighted by atomic mass is 127. The van der Waals surface area contributed by atoms with Crippen molar-refractivity contribution in [2.24, 2.45) is 4.99 Å². The molecule has 0 bridgehead atoms. The molecule has 1 aliphatic rings. The van der Waals surface area contributed by atoms with Gasteiger partial charge in [-0.25, -0.2) is 8.42 Å². The van der Waals surface area contributed by atoms with Crippen molar-refractivity contribution >= 4 is 45.7 Å². The zero-order chi connectivity index (χ0) is 20.6. The number of amides is 1. The molecule has 2 rings (SSSR count). The Labute approximate surface area is 191 Å². The maximum absolute atomic E-state index is 12.4. The predicted molar refractivity (Wildman–Crippen MR) is 128 cm³/mol. The molecule has 1 heterocycles. The van der Waals surface area contributed by atoms with Crippen molar-refractivity contribution in [2.75, 3.05) is 25.1 Å². The van der Waals surface area contributed by atoms with Crippen LogP contribution in [0.4, 0.5) is 0 Å². The van der Waals surface area contributed by atoms with Gasteiger partial charge in [-0.2, -0.15) is 0 Å². The summed E-state index contributed by atoms with van der Waals surface area (Å²) in [6.07, 6.45) is 2.92. The van der Waals surface area contributed by atoms with Gasteiger partial charge in [0.25, 0.3) is 0 Å². The number of sulfone groups is 1. The topological polar surface area (TPSA) is 90.9 Å². The Bertz CT molecular complexity index is 774. The number of halogens is 1. The molecule has 0 radical (unpaired) electrons. The fraction of sp³-hybridized carbons (Fsp3) is 0.600. The lowest BCUT2D eigenvalue weighted by Gasteiger charge is -2.18. The summed E-state index contributed by atoms with van der Waals surface area (Å²) in [6.45, 7) is 6.57. The van der Waals surface area contributed by atoms with Gasteiger partial charge in [-0.3, -0.25) is 9.79 Å². The molecule has 1 aromatic carbocycles. The van der Waals surface area contributed by atoms with E-state index >= 15 is 0 Å². The molecule has 0 saturated carbocycles. The second-order valence-electron chi connectivity index (χ2n) is 7.35. The summed E-state index contributed by atoms with van der Waals surface area (Å²) in [7, 11) is -2.97. The first-order chi connectivity index (χ1) is 13.3. The van der Waals surface area contributed by atoms with Gasteiger partial charge < -0.3 is 15.5 Å². The van der Waals surface area contributed by atoms with E-state index in [1.807, 2.05) is 30.9 Å². The summed E-state index contributed by atoms with van der Waals surface area (Å²) in [6, 6.07) is 8.16. The van der Waals surface area contributed by atoms with Gasteiger partial charge in [0.2, 0.25) is 5.91 Å². The van der Waals surface area contributed by atoms with E-state index in [-0.39, 0.29) is 41.7 Å². The smallest absolute Gasteiger partial charge is 0.223 e. The monoisotopic (exact) mass is 536 g/mol. The molecule has 1 aliphatic heterocycles. The molecule has 9 heteroatoms. The standard InChI is InChI=1S/C20H32N4O3S.HI/c1-4-21-20(23-16(2)11-13-28(3,26)27)22-12-7-10-19(25)24-14-17-8-5-6-9-18(17)15-24;/h5-6,8-9,16H,4,7,10-15H2,1-3H3,(H2,21,22,23);1H. The Kier molecular flexibility index (Phi) is 10.9. The van der Waals surface area contributed by atoms with E-state index < -0.39 is 9.84 Å². The Hall–Kier alpha value is -1.36. The minimum absolute atomic E-state index is 0. The highest BCUT2D eigenvalue weighted by Crippen LogP contribution is 2.22. The molecular weight excluding hydrogens is 503 g/mol. The van der Waals surface area contributed by atoms with Gasteiger partial charge in [-0.05, 0) is 37.8 Å². The number of fused-ring (bicyclic) bond motifs is 1. The molecule has 0 aromatic heterocycles. The van der Waals surface area contributed by atoms with Crippen molar-refractivity contribution < 1.29 is 13.2 Å². The van der Waals surface area contributed by atoms with Gasteiger partial charge >= 0.3 is 0 Å². The number of aliphatic imine (C=N–C) groups is 1. The zero-order valence-electron chi connectivity index (χ0n) is 17.5. The highest BCUT2D eigenvalue weighted by molar-refractivity contribution is 14.0. The molecule has 1 unspecified atom stereocenters. The Morgan fingerprint density at radius 2 is 1.86 bits per heavy atom. The molecule has 0 spiro atoms. The minimum Gasteiger partial charge on any atom is -0.357 e. The Morgan fingerprint density at radius 1 is 1.24 bits per heavy atom. The maximum Gasteiger partial charge on any atom is 0.223 e. The first-order valence-corrected chi connectivity index (χ1v) is 11.9. The van der Waals surface area contributed by atoms with Gasteiger partial charge in [0.1, 0.15) is 9.84 Å². The van der Waals surface area contributed by atoms with E-state index in [1.165, 1.54) is 17.4 Å². The molecule has 2 N–H and O–H groups in total. The lowest BCUT2D eigenvalue weighted by Crippen LogP contribution is -2.43. The minimum atomic E-state index is -2.97. The molecule has 0 fully saturated rings. The number of carbonyl (C=O) groups is 1. The van der Waals surface area contributed by atoms with Crippen LogP contribution in [0.3, 0.4) is 0 Å². The summed E-state index contributed by atoms with van der Waals surface area (Å²) in [5.74, 6) is 0.961. The first-order valence-electron chi connectivity index (χ1n) is 9.85. The van der Waals surface area contributed by atoms with Crippen LogP contribution in [0.25, 0.3) is 0 Å². The summed E-state index contributed by atoms with van der Waals surface area (Å²) >= 11 is 0. The molecule has 1 atom stereocenters. The third kappa shape index (κ3) is 9.33. The van der Waals surface area contributed by atoms with Crippen molar-refractivity contribution in [1.29, 1.82) is 0 Å². The van der Waals surface area contributed by atoms with Crippen LogP contribution in [-0.2, 0) is 27.7 Å². The molecular formula is C20H33IN4O3S. The Balaban J connectivity index is 0.00000420. The van der Waals surface area contributed by atoms with E-state index in [2.05, 4.69) is 27.8 Å². The van der Waals surface area contributed by atoms with Crippen LogP contribution >= 0.6 is 24.0 Å². The van der Waals surface area contributed by atoms with E-state index in [0.717, 1.165) is 6.54 Å². The third-order valence-corrected chi connectivity index (χ3v) is 5.64. The number of hydrogen-bond acceptors (Lipinski definition) is 4. The van der Waals surface area contributed by atoms with Crippen LogP contribution in [0.5, 0.6) is 0 Å². The van der Waals surface area contributed by atoms with Crippen LogP contribution < -0.4 is 10.6 Å². The second-order valence-corrected chi connectivity index (χ2v) is 9.61. The fourth-order valence-electron chi connectivity index (χ4n) is 3.11. The van der Waals surface area contributed by atoms with Gasteiger partial charge in [-0.1, -0.05) is 24.3 Å². The molecule has 1 aromatic rings. The van der Waals surface area contributed by atoms with Crippen molar-refractivity contribution in [3.63, 3.8) is 0 Å². The predicted octanol–water partition coefficient (Wildman–Crippen LogP) is 2.31. The van der Waals surface area contributed by atoms with Crippen molar-refractivity contribution in [3.05, 3.63) is 35.4 Å². The average molecular weight is 536 g/mol. The lowest BCUT2D eigenvalue weighted by atomic mass is 10.1. The molecule has 0 aliphatic carbocycles. The second kappa shape index (κ2) is 12.4. The van der Waals surface area contributed by atoms with Gasteiger partial charge in [0, 0.05) is 44.9 Å². The van der Waals surface area contributed by atoms with Crippen LogP contribution in [0.1, 0.15) is 44.2 Å². The summed E-state index contributed by atoms with van der Waals surface area (Å²) in [5.41, 5.74) is 2.46. The van der Waals surface area contributed by atoms with Crippen LogP contribution in [0.15, 0.2) is 29.3 Å². The van der Waals surface area contributed by atoms with Crippen LogP contribution in [0, 0.1) is 0 Å². The number of nitrogens with one attached hydrogen (secondary N) is 2. The molecule has 0 saturated heterocycles. The summed E-state index contributed by atoms with van der Waals surface area (Å²) < 4.78 is 22.6. The van der Waals surface area contributed by atoms with Crippen LogP contribution in [-0.4, -0.2) is 56.3 Å². The van der Waals surface area contributed by atoms with E-state index in [9.17, 15) is 13.2 Å². The van der Waals surface area contributed by atoms with Gasteiger partial charge in [0.15, 0.2) is 5.96 Å². The van der Waals surface area contributed by atoms with E-state index in [0.29, 0.717) is 44.9 Å². The number of benzene rings is 1. The number of guanidine groups is 1. The largest absolute Gasteiger partial charge is 0.357 e. The molecule has 1 amide bonds. The molecule has 29 heavy (non-hydrogen) atoms. The van der Waals surface area contributed by atoms with Gasteiger partial charge in [0.05, 0.1) is 5.75 Å². The third-order valence-electron chi connectivity index (χ3n) is 4.66. The van der Waals surface area contributed by atoms with Crippen molar-refractivity contribution in [2.45, 2.75) is 52.2 Å². The SMILES string of the molecule is CCNC(=NCCCC(=O)N1Cc2ccccc2C1)NC(C)CCS(C)(=O)=O.I. The number of carbonyl (C=O) groups excluding carboxylic acids is 1. The summed E-state index contributed by atoms with van der Waals surface area (Å²) in [5, 5.41) is 6.38. The number of hydrogen-bond donors (Lipinski definition) is 2. The quantitative estimate of drug-likeness (QED) is 0.219. The number of nitrogens with zero attached hydrogens (tertiary/aromatic N) is 2. The zero-order valence-corrected chi connectivity index (χ0v) is 20.6. The first kappa shape index (κ1) is 25.7. The van der Waals surface area contributed by atoms with E-state index in [1.54, 1.807) is 0 Å². The fourth-order valence-corrected chi connectivity index (χ4v) is 3.89. The maximum atomic E-state index is 12.4. The van der Waals surface area contributed by atoms with Crippen molar-refractivity contribution in [1.82, 2.24) is 15.5 Å². The van der Waals surface area contributed by atoms with E-state index in [4.69, 9.17) is 0 Å². The molecule has 164 valence electrons.